The number of halogens is 2. The summed E-state index contributed by atoms with van der Waals surface area (Å²) in [6.07, 6.45) is 1.30. The normalized spacial score (nSPS) is 10.6. The summed E-state index contributed by atoms with van der Waals surface area (Å²) in [7, 11) is 2.84. The van der Waals surface area contributed by atoms with Crippen molar-refractivity contribution in [1.29, 1.82) is 0 Å². The SMILES string of the molecule is COc1c(Cl)cc(/C=N/NC(=O)c2ccc([N+](=O)[O-])cc2)c(OC)c1Cl. The Kier molecular flexibility index (Phi) is 6.37. The van der Waals surface area contributed by atoms with E-state index in [0.717, 1.165) is 0 Å². The lowest BCUT2D eigenvalue weighted by Crippen LogP contribution is -2.17. The van der Waals surface area contributed by atoms with E-state index in [4.69, 9.17) is 32.7 Å². The van der Waals surface area contributed by atoms with Crippen LogP contribution < -0.4 is 14.9 Å². The number of carbonyl (C=O) groups excluding carboxylic acids is 1. The second-order valence-electron chi connectivity index (χ2n) is 4.83. The summed E-state index contributed by atoms with van der Waals surface area (Å²) in [4.78, 5) is 22.1. The summed E-state index contributed by atoms with van der Waals surface area (Å²) in [5, 5.41) is 14.9. The van der Waals surface area contributed by atoms with Gasteiger partial charge in [0.1, 0.15) is 10.8 Å². The number of benzene rings is 2. The molecular formula is C16H13Cl2N3O5. The Hall–Kier alpha value is -2.84. The number of nitrogens with zero attached hydrogens (tertiary/aromatic N) is 2. The van der Waals surface area contributed by atoms with Gasteiger partial charge in [0.15, 0.2) is 5.75 Å². The van der Waals surface area contributed by atoms with Gasteiger partial charge in [0.2, 0.25) is 0 Å². The van der Waals surface area contributed by atoms with Crippen LogP contribution in [0.2, 0.25) is 10.0 Å². The van der Waals surface area contributed by atoms with Crippen molar-refractivity contribution in [2.24, 2.45) is 5.10 Å². The number of methoxy groups -OCH3 is 2. The number of nitrogens with one attached hydrogen (secondary N) is 1. The van der Waals surface area contributed by atoms with Gasteiger partial charge in [-0.15, -0.1) is 0 Å². The van der Waals surface area contributed by atoms with E-state index in [2.05, 4.69) is 10.5 Å². The molecule has 136 valence electrons. The molecule has 0 aliphatic rings. The van der Waals surface area contributed by atoms with Crippen LogP contribution >= 0.6 is 23.2 Å². The van der Waals surface area contributed by atoms with Crippen LogP contribution in [0, 0.1) is 10.1 Å². The van der Waals surface area contributed by atoms with Crippen molar-refractivity contribution in [2.45, 2.75) is 0 Å². The van der Waals surface area contributed by atoms with Crippen LogP contribution in [-0.2, 0) is 0 Å². The molecule has 10 heteroatoms. The van der Waals surface area contributed by atoms with Gasteiger partial charge in [-0.3, -0.25) is 14.9 Å². The van der Waals surface area contributed by atoms with Crippen LogP contribution in [0.5, 0.6) is 11.5 Å². The Labute approximate surface area is 158 Å². The molecule has 0 atom stereocenters. The Morgan fingerprint density at radius 1 is 1.19 bits per heavy atom. The van der Waals surface area contributed by atoms with Gasteiger partial charge >= 0.3 is 0 Å². The quantitative estimate of drug-likeness (QED) is 0.454. The molecule has 2 aromatic carbocycles. The lowest BCUT2D eigenvalue weighted by atomic mass is 10.2. The van der Waals surface area contributed by atoms with Gasteiger partial charge in [-0.05, 0) is 18.2 Å². The molecule has 8 nitrogen and oxygen atoms in total. The van der Waals surface area contributed by atoms with E-state index in [1.54, 1.807) is 0 Å². The second kappa shape index (κ2) is 8.50. The maximum absolute atomic E-state index is 12.0. The zero-order valence-electron chi connectivity index (χ0n) is 13.7. The standard InChI is InChI=1S/C16H13Cl2N3O5/c1-25-14-10(7-12(17)15(26-2)13(14)18)8-19-20-16(22)9-3-5-11(6-4-9)21(23)24/h3-8H,1-2H3,(H,20,22)/b19-8+. The van der Waals surface area contributed by atoms with Gasteiger partial charge < -0.3 is 9.47 Å². The van der Waals surface area contributed by atoms with Crippen LogP contribution in [0.1, 0.15) is 15.9 Å². The van der Waals surface area contributed by atoms with E-state index in [1.165, 1.54) is 50.8 Å². The molecular weight excluding hydrogens is 385 g/mol. The third-order valence-corrected chi connectivity index (χ3v) is 3.90. The highest BCUT2D eigenvalue weighted by Crippen LogP contribution is 2.41. The number of nitro benzene ring substituents is 1. The molecule has 0 saturated carbocycles. The second-order valence-corrected chi connectivity index (χ2v) is 5.62. The summed E-state index contributed by atoms with van der Waals surface area (Å²) in [5.41, 5.74) is 2.83. The first-order valence-corrected chi connectivity index (χ1v) is 7.82. The predicted octanol–water partition coefficient (Wildman–Crippen LogP) is 3.68. The van der Waals surface area contributed by atoms with Gasteiger partial charge in [-0.1, -0.05) is 23.2 Å². The van der Waals surface area contributed by atoms with Crippen LogP contribution in [0.15, 0.2) is 35.4 Å². The van der Waals surface area contributed by atoms with E-state index in [9.17, 15) is 14.9 Å². The van der Waals surface area contributed by atoms with Crippen LogP contribution in [-0.4, -0.2) is 31.3 Å². The fourth-order valence-electron chi connectivity index (χ4n) is 2.05. The largest absolute Gasteiger partial charge is 0.494 e. The van der Waals surface area contributed by atoms with E-state index in [1.807, 2.05) is 0 Å². The number of hydrazone groups is 1. The first-order valence-electron chi connectivity index (χ1n) is 7.06. The summed E-state index contributed by atoms with van der Waals surface area (Å²) in [6, 6.07) is 6.62. The van der Waals surface area contributed by atoms with Crippen molar-refractivity contribution in [3.05, 3.63) is 61.6 Å². The van der Waals surface area contributed by atoms with Crippen LogP contribution in [0.3, 0.4) is 0 Å². The Morgan fingerprint density at radius 3 is 2.35 bits per heavy atom. The first-order chi connectivity index (χ1) is 12.4. The van der Waals surface area contributed by atoms with Crippen molar-refractivity contribution < 1.29 is 19.2 Å². The van der Waals surface area contributed by atoms with Crippen molar-refractivity contribution in [3.63, 3.8) is 0 Å². The minimum absolute atomic E-state index is 0.114. The number of hydrogen-bond donors (Lipinski definition) is 1. The molecule has 0 saturated heterocycles. The van der Waals surface area contributed by atoms with Gasteiger partial charge in [-0.2, -0.15) is 5.10 Å². The Morgan fingerprint density at radius 2 is 1.81 bits per heavy atom. The molecule has 1 amide bonds. The molecule has 0 aliphatic carbocycles. The topological polar surface area (TPSA) is 103 Å². The van der Waals surface area contributed by atoms with Crippen molar-refractivity contribution >= 4 is 41.0 Å². The maximum atomic E-state index is 12.0. The fourth-order valence-corrected chi connectivity index (χ4v) is 2.76. The lowest BCUT2D eigenvalue weighted by molar-refractivity contribution is -0.384. The summed E-state index contributed by atoms with van der Waals surface area (Å²) >= 11 is 12.2. The third-order valence-electron chi connectivity index (χ3n) is 3.28. The lowest BCUT2D eigenvalue weighted by Gasteiger charge is -2.12. The minimum atomic E-state index is -0.552. The summed E-state index contributed by atoms with van der Waals surface area (Å²) < 4.78 is 10.3. The summed E-state index contributed by atoms with van der Waals surface area (Å²) in [5.74, 6) is -0.000629. The third kappa shape index (κ3) is 4.22. The van der Waals surface area contributed by atoms with Crippen LogP contribution in [0.25, 0.3) is 0 Å². The maximum Gasteiger partial charge on any atom is 0.271 e. The molecule has 2 rings (SSSR count). The number of amides is 1. The number of non-ortho nitro benzene ring substituents is 1. The highest BCUT2D eigenvalue weighted by Gasteiger charge is 2.16. The van der Waals surface area contributed by atoms with Crippen molar-refractivity contribution in [1.82, 2.24) is 5.43 Å². The molecule has 0 spiro atoms. The molecule has 0 aliphatic heterocycles. The zero-order valence-corrected chi connectivity index (χ0v) is 15.2. The average Bonchev–Trinajstić information content (AvgIpc) is 2.62. The monoisotopic (exact) mass is 397 g/mol. The van der Waals surface area contributed by atoms with Crippen molar-refractivity contribution in [3.8, 4) is 11.5 Å². The first kappa shape index (κ1) is 19.5. The van der Waals surface area contributed by atoms with E-state index >= 15 is 0 Å². The number of rotatable bonds is 6. The number of nitro groups is 1. The van der Waals surface area contributed by atoms with E-state index in [-0.39, 0.29) is 32.8 Å². The van der Waals surface area contributed by atoms with E-state index < -0.39 is 10.8 Å². The molecule has 0 radical (unpaired) electrons. The molecule has 1 N–H and O–H groups in total. The molecule has 0 aromatic heterocycles. The average molecular weight is 398 g/mol. The molecule has 2 aromatic rings. The number of hydrogen-bond acceptors (Lipinski definition) is 6. The fraction of sp³-hybridized carbons (Fsp3) is 0.125. The van der Waals surface area contributed by atoms with Gasteiger partial charge in [0.25, 0.3) is 11.6 Å². The van der Waals surface area contributed by atoms with Crippen LogP contribution in [0.4, 0.5) is 5.69 Å². The predicted molar refractivity (Wildman–Crippen MR) is 97.7 cm³/mol. The minimum Gasteiger partial charge on any atom is -0.494 e. The van der Waals surface area contributed by atoms with Crippen molar-refractivity contribution in [2.75, 3.05) is 14.2 Å². The Bertz CT molecular complexity index is 869. The highest BCUT2D eigenvalue weighted by atomic mass is 35.5. The molecule has 26 heavy (non-hydrogen) atoms. The number of ether oxygens (including phenoxy) is 2. The number of carbonyl (C=O) groups is 1. The van der Waals surface area contributed by atoms with E-state index in [0.29, 0.717) is 5.56 Å². The van der Waals surface area contributed by atoms with Gasteiger partial charge in [0.05, 0.1) is 30.4 Å². The summed E-state index contributed by atoms with van der Waals surface area (Å²) in [6.45, 7) is 0. The molecule has 0 heterocycles. The Balaban J connectivity index is 2.17. The molecule has 0 bridgehead atoms. The molecule has 0 fully saturated rings. The smallest absolute Gasteiger partial charge is 0.271 e. The van der Waals surface area contributed by atoms with Gasteiger partial charge in [0, 0.05) is 23.3 Å². The molecule has 0 unspecified atom stereocenters. The highest BCUT2D eigenvalue weighted by molar-refractivity contribution is 6.38. The zero-order chi connectivity index (χ0) is 19.3. The van der Waals surface area contributed by atoms with Gasteiger partial charge in [-0.25, -0.2) is 5.43 Å².